The second-order valence-corrected chi connectivity index (χ2v) is 7.84. The Hall–Kier alpha value is -4.07. The van der Waals surface area contributed by atoms with Gasteiger partial charge < -0.3 is 24.4 Å². The number of nitrogens with zero attached hydrogens (tertiary/aromatic N) is 1. The number of para-hydroxylation sites is 2. The predicted molar refractivity (Wildman–Crippen MR) is 125 cm³/mol. The van der Waals surface area contributed by atoms with Gasteiger partial charge in [-0.25, -0.2) is 4.39 Å². The van der Waals surface area contributed by atoms with Crippen LogP contribution in [0.1, 0.15) is 33.4 Å². The summed E-state index contributed by atoms with van der Waals surface area (Å²) in [5.74, 6) is -1.04. The topological polar surface area (TPSA) is 77.1 Å². The van der Waals surface area contributed by atoms with Gasteiger partial charge in [-0.1, -0.05) is 30.3 Å². The smallest absolute Gasteiger partial charge is 0.254 e. The van der Waals surface area contributed by atoms with Crippen LogP contribution >= 0.6 is 0 Å². The van der Waals surface area contributed by atoms with Crippen molar-refractivity contribution in [3.8, 4) is 17.2 Å². The highest BCUT2D eigenvalue weighted by Crippen LogP contribution is 2.46. The van der Waals surface area contributed by atoms with E-state index in [0.29, 0.717) is 28.5 Å². The van der Waals surface area contributed by atoms with Crippen LogP contribution in [-0.4, -0.2) is 45.1 Å². The highest BCUT2D eigenvalue weighted by molar-refractivity contribution is 6.05. The highest BCUT2D eigenvalue weighted by atomic mass is 19.1. The van der Waals surface area contributed by atoms with Gasteiger partial charge in [0, 0.05) is 18.2 Å². The molecular weight excluding hydrogens is 439 g/mol. The van der Waals surface area contributed by atoms with Gasteiger partial charge >= 0.3 is 0 Å². The normalized spacial score (nSPS) is 17.1. The first-order valence-corrected chi connectivity index (χ1v) is 10.6. The van der Waals surface area contributed by atoms with Crippen molar-refractivity contribution in [1.82, 2.24) is 4.90 Å². The maximum Gasteiger partial charge on any atom is 0.254 e. The van der Waals surface area contributed by atoms with E-state index in [2.05, 4.69) is 5.32 Å². The molecule has 0 bridgehead atoms. The minimum Gasteiger partial charge on any atom is -0.495 e. The molecule has 7 nitrogen and oxygen atoms in total. The van der Waals surface area contributed by atoms with Crippen LogP contribution < -0.4 is 19.5 Å². The lowest BCUT2D eigenvalue weighted by Crippen LogP contribution is -2.44. The van der Waals surface area contributed by atoms with E-state index < -0.39 is 23.7 Å². The molecule has 3 aromatic rings. The maximum atomic E-state index is 15.0. The largest absolute Gasteiger partial charge is 0.495 e. The van der Waals surface area contributed by atoms with Crippen LogP contribution in [0.3, 0.4) is 0 Å². The Morgan fingerprint density at radius 2 is 1.50 bits per heavy atom. The fraction of sp³-hybridized carbons (Fsp3) is 0.231. The summed E-state index contributed by atoms with van der Waals surface area (Å²) in [7, 11) is 6.00. The van der Waals surface area contributed by atoms with E-state index in [-0.39, 0.29) is 17.0 Å². The first-order chi connectivity index (χ1) is 16.4. The third-order valence-corrected chi connectivity index (χ3v) is 6.05. The van der Waals surface area contributed by atoms with Crippen molar-refractivity contribution in [3.63, 3.8) is 0 Å². The molecule has 34 heavy (non-hydrogen) atoms. The highest BCUT2D eigenvalue weighted by Gasteiger charge is 2.44. The lowest BCUT2D eigenvalue weighted by molar-refractivity contribution is -0.119. The number of benzene rings is 3. The fourth-order valence-electron chi connectivity index (χ4n) is 4.39. The molecule has 1 aliphatic heterocycles. The molecule has 0 saturated carbocycles. The molecule has 0 aromatic heterocycles. The van der Waals surface area contributed by atoms with E-state index in [9.17, 15) is 14.0 Å². The molecule has 2 atom stereocenters. The zero-order valence-corrected chi connectivity index (χ0v) is 19.3. The average Bonchev–Trinajstić information content (AvgIpc) is 2.86. The molecule has 2 unspecified atom stereocenters. The summed E-state index contributed by atoms with van der Waals surface area (Å²) in [6, 6.07) is 15.4. The lowest BCUT2D eigenvalue weighted by Gasteiger charge is -2.40. The Morgan fingerprint density at radius 1 is 0.882 bits per heavy atom. The number of nitrogens with one attached hydrogen (secondary N) is 1. The number of carbonyl (C=O) groups excluding carboxylic acids is 2. The molecule has 1 N–H and O–H groups in total. The van der Waals surface area contributed by atoms with E-state index in [0.717, 1.165) is 0 Å². The molecule has 0 aliphatic carbocycles. The molecule has 8 heteroatoms. The Bertz CT molecular complexity index is 1250. The van der Waals surface area contributed by atoms with Crippen molar-refractivity contribution < 1.29 is 28.2 Å². The predicted octanol–water partition coefficient (Wildman–Crippen LogP) is 4.40. The quantitative estimate of drug-likeness (QED) is 0.585. The van der Waals surface area contributed by atoms with Gasteiger partial charge in [-0.05, 0) is 35.9 Å². The van der Waals surface area contributed by atoms with Gasteiger partial charge in [0.05, 0.1) is 39.0 Å². The van der Waals surface area contributed by atoms with Crippen LogP contribution in [0.5, 0.6) is 17.2 Å². The summed E-state index contributed by atoms with van der Waals surface area (Å²) < 4.78 is 31.1. The second-order valence-electron chi connectivity index (χ2n) is 7.84. The van der Waals surface area contributed by atoms with Crippen LogP contribution in [0.2, 0.25) is 0 Å². The van der Waals surface area contributed by atoms with Crippen molar-refractivity contribution >= 4 is 17.5 Å². The van der Waals surface area contributed by atoms with E-state index in [1.165, 1.54) is 32.3 Å². The number of halogens is 1. The number of anilines is 1. The van der Waals surface area contributed by atoms with Gasteiger partial charge in [0.2, 0.25) is 5.91 Å². The van der Waals surface area contributed by atoms with Gasteiger partial charge in [0.15, 0.2) is 11.5 Å². The van der Waals surface area contributed by atoms with E-state index in [1.807, 2.05) is 0 Å². The van der Waals surface area contributed by atoms with E-state index in [1.54, 1.807) is 61.6 Å². The molecule has 0 fully saturated rings. The number of hydrogen-bond donors (Lipinski definition) is 1. The minimum atomic E-state index is -0.945. The summed E-state index contributed by atoms with van der Waals surface area (Å²) in [6.07, 6.45) is 0. The summed E-state index contributed by atoms with van der Waals surface area (Å²) >= 11 is 0. The molecule has 1 heterocycles. The monoisotopic (exact) mass is 464 g/mol. The first-order valence-electron chi connectivity index (χ1n) is 10.6. The van der Waals surface area contributed by atoms with Crippen molar-refractivity contribution in [3.05, 3.63) is 83.2 Å². The second kappa shape index (κ2) is 9.43. The fourth-order valence-corrected chi connectivity index (χ4v) is 4.39. The number of hydrogen-bond acceptors (Lipinski definition) is 5. The summed E-state index contributed by atoms with van der Waals surface area (Å²) in [6.45, 7) is 0. The SMILES string of the molecule is COc1ccccc1NC(=O)C1c2cc(OC)c(OC)cc2C(=O)N(C)C1c1ccccc1F. The molecule has 0 saturated heterocycles. The molecule has 2 amide bonds. The van der Waals surface area contributed by atoms with Gasteiger partial charge in [-0.3, -0.25) is 9.59 Å². The molecule has 0 spiro atoms. The number of amides is 2. The summed E-state index contributed by atoms with van der Waals surface area (Å²) in [5, 5.41) is 2.90. The van der Waals surface area contributed by atoms with Crippen molar-refractivity contribution in [2.24, 2.45) is 0 Å². The average molecular weight is 464 g/mol. The van der Waals surface area contributed by atoms with Crippen LogP contribution in [0.25, 0.3) is 0 Å². The zero-order chi connectivity index (χ0) is 24.4. The van der Waals surface area contributed by atoms with Gasteiger partial charge in [-0.2, -0.15) is 0 Å². The zero-order valence-electron chi connectivity index (χ0n) is 19.3. The van der Waals surface area contributed by atoms with Crippen LogP contribution in [0, 0.1) is 5.82 Å². The molecular formula is C26H25FN2O5. The number of rotatable bonds is 6. The molecule has 1 aliphatic rings. The van der Waals surface area contributed by atoms with Crippen LogP contribution in [0.4, 0.5) is 10.1 Å². The van der Waals surface area contributed by atoms with Crippen molar-refractivity contribution in [1.29, 1.82) is 0 Å². The number of methoxy groups -OCH3 is 3. The van der Waals surface area contributed by atoms with E-state index in [4.69, 9.17) is 14.2 Å². The van der Waals surface area contributed by atoms with Crippen molar-refractivity contribution in [2.45, 2.75) is 12.0 Å². The Morgan fingerprint density at radius 3 is 2.18 bits per heavy atom. The third-order valence-electron chi connectivity index (χ3n) is 6.05. The van der Waals surface area contributed by atoms with Crippen LogP contribution in [-0.2, 0) is 4.79 Å². The van der Waals surface area contributed by atoms with Gasteiger partial charge in [0.25, 0.3) is 5.91 Å². The number of carbonyl (C=O) groups is 2. The first kappa shape index (κ1) is 23.1. The Balaban J connectivity index is 1.91. The van der Waals surface area contributed by atoms with Gasteiger partial charge in [0.1, 0.15) is 11.6 Å². The molecule has 0 radical (unpaired) electrons. The summed E-state index contributed by atoms with van der Waals surface area (Å²) in [4.78, 5) is 28.6. The molecule has 4 rings (SSSR count). The minimum absolute atomic E-state index is 0.235. The Labute approximate surface area is 197 Å². The third kappa shape index (κ3) is 3.91. The Kier molecular flexibility index (Phi) is 6.40. The molecule has 176 valence electrons. The van der Waals surface area contributed by atoms with Gasteiger partial charge in [-0.15, -0.1) is 0 Å². The number of ether oxygens (including phenoxy) is 3. The van der Waals surface area contributed by atoms with Crippen molar-refractivity contribution in [2.75, 3.05) is 33.7 Å². The van der Waals surface area contributed by atoms with Crippen LogP contribution in [0.15, 0.2) is 60.7 Å². The summed E-state index contributed by atoms with van der Waals surface area (Å²) in [5.41, 5.74) is 1.40. The maximum absolute atomic E-state index is 15.0. The number of likely N-dealkylation sites (N-methyl/N-ethyl adjacent to an activating group) is 1. The van der Waals surface area contributed by atoms with E-state index >= 15 is 0 Å². The molecule has 3 aromatic carbocycles. The number of fused-ring (bicyclic) bond motifs is 1. The standard InChI is InChI=1S/C26H25FN2O5/c1-29-24(15-9-5-6-10-18(15)27)23(25(30)28-19-11-7-8-12-20(19)32-2)16-13-21(33-3)22(34-4)14-17(16)26(29)31/h5-14,23-24H,1-4H3,(H,28,30). The lowest BCUT2D eigenvalue weighted by atomic mass is 9.79.